The molecule has 5 nitrogen and oxygen atoms in total. The van der Waals surface area contributed by atoms with Crippen LogP contribution in [0.5, 0.6) is 0 Å². The molecule has 1 N–H and O–H groups in total. The molecule has 6 heteroatoms. The molecule has 2 aromatic heterocycles. The molecule has 0 atom stereocenters. The zero-order valence-electron chi connectivity index (χ0n) is 10.1. The molecule has 1 saturated heterocycles. The van der Waals surface area contributed by atoms with Gasteiger partial charge in [0.2, 0.25) is 0 Å². The lowest BCUT2D eigenvalue weighted by atomic mass is 10.2. The number of rotatable bonds is 1. The first kappa shape index (κ1) is 11.6. The molecule has 0 amide bonds. The van der Waals surface area contributed by atoms with Crippen LogP contribution in [-0.4, -0.2) is 41.4 Å². The van der Waals surface area contributed by atoms with Gasteiger partial charge in [0.15, 0.2) is 11.0 Å². The molecule has 0 bridgehead atoms. The Bertz CT molecular complexity index is 580. The van der Waals surface area contributed by atoms with Gasteiger partial charge < -0.3 is 10.2 Å². The number of fused-ring (bicyclic) bond motifs is 1. The highest BCUT2D eigenvalue weighted by atomic mass is 35.5. The number of halogens is 1. The van der Waals surface area contributed by atoms with Crippen LogP contribution in [0, 0.1) is 6.92 Å². The molecule has 0 unspecified atom stereocenters. The van der Waals surface area contributed by atoms with E-state index in [1.165, 1.54) is 0 Å². The summed E-state index contributed by atoms with van der Waals surface area (Å²) in [7, 11) is 0. The Hall–Kier alpha value is -1.46. The summed E-state index contributed by atoms with van der Waals surface area (Å²) in [4.78, 5) is 6.67. The van der Waals surface area contributed by atoms with Gasteiger partial charge in [-0.1, -0.05) is 11.6 Å². The Morgan fingerprint density at radius 3 is 2.83 bits per heavy atom. The molecule has 0 radical (unpaired) electrons. The van der Waals surface area contributed by atoms with E-state index in [1.54, 1.807) is 0 Å². The van der Waals surface area contributed by atoms with Crippen LogP contribution in [0.4, 0.5) is 5.82 Å². The first-order chi connectivity index (χ1) is 8.75. The van der Waals surface area contributed by atoms with E-state index in [0.717, 1.165) is 48.5 Å². The van der Waals surface area contributed by atoms with Gasteiger partial charge in [-0.05, 0) is 18.6 Å². The second-order valence-corrected chi connectivity index (χ2v) is 4.82. The average molecular weight is 264 g/mol. The van der Waals surface area contributed by atoms with Gasteiger partial charge in [0.25, 0.3) is 0 Å². The summed E-state index contributed by atoms with van der Waals surface area (Å²) >= 11 is 6.10. The highest BCUT2D eigenvalue weighted by molar-refractivity contribution is 6.34. The van der Waals surface area contributed by atoms with E-state index >= 15 is 0 Å². The van der Waals surface area contributed by atoms with E-state index < -0.39 is 0 Å². The van der Waals surface area contributed by atoms with E-state index in [-0.39, 0.29) is 0 Å². The van der Waals surface area contributed by atoms with Crippen LogP contribution in [-0.2, 0) is 0 Å². The molecule has 0 aromatic carbocycles. The van der Waals surface area contributed by atoms with Gasteiger partial charge in [-0.3, -0.25) is 4.98 Å². The molecule has 1 fully saturated rings. The molecule has 3 heterocycles. The topological polar surface area (TPSA) is 53.9 Å². The molecule has 0 spiro atoms. The third-order valence-electron chi connectivity index (χ3n) is 3.11. The Labute approximate surface area is 110 Å². The Kier molecular flexibility index (Phi) is 3.01. The van der Waals surface area contributed by atoms with Crippen molar-refractivity contribution in [3.63, 3.8) is 0 Å². The Morgan fingerprint density at radius 1 is 1.28 bits per heavy atom. The maximum atomic E-state index is 6.10. The molecule has 0 aliphatic carbocycles. The van der Waals surface area contributed by atoms with Crippen LogP contribution >= 0.6 is 11.6 Å². The fraction of sp³-hybridized carbons (Fsp3) is 0.417. The number of nitrogens with one attached hydrogen (secondary N) is 1. The first-order valence-electron chi connectivity index (χ1n) is 6.00. The van der Waals surface area contributed by atoms with E-state index in [9.17, 15) is 0 Å². The van der Waals surface area contributed by atoms with Gasteiger partial charge in [0, 0.05) is 37.8 Å². The quantitative estimate of drug-likeness (QED) is 0.843. The molecule has 3 rings (SSSR count). The molecular formula is C12H14ClN5. The minimum Gasteiger partial charge on any atom is -0.351 e. The minimum atomic E-state index is 0.417. The van der Waals surface area contributed by atoms with Crippen LogP contribution in [0.3, 0.4) is 0 Å². The van der Waals surface area contributed by atoms with Crippen molar-refractivity contribution >= 4 is 28.3 Å². The zero-order valence-corrected chi connectivity index (χ0v) is 10.9. The lowest BCUT2D eigenvalue weighted by Gasteiger charge is -2.28. The smallest absolute Gasteiger partial charge is 0.178 e. The van der Waals surface area contributed by atoms with Crippen LogP contribution in [0.2, 0.25) is 5.15 Å². The van der Waals surface area contributed by atoms with Gasteiger partial charge in [0.05, 0.1) is 0 Å². The summed E-state index contributed by atoms with van der Waals surface area (Å²) in [5.74, 6) is 0.830. The normalized spacial score (nSPS) is 16.2. The third-order valence-corrected chi connectivity index (χ3v) is 3.39. The zero-order chi connectivity index (χ0) is 12.5. The molecule has 1 aliphatic heterocycles. The highest BCUT2D eigenvalue weighted by Crippen LogP contribution is 2.27. The number of nitrogens with zero attached hydrogens (tertiary/aromatic N) is 4. The van der Waals surface area contributed by atoms with Crippen LogP contribution in [0.15, 0.2) is 12.3 Å². The average Bonchev–Trinajstić information content (AvgIpc) is 2.41. The number of hydrogen-bond acceptors (Lipinski definition) is 5. The minimum absolute atomic E-state index is 0.417. The van der Waals surface area contributed by atoms with Crippen molar-refractivity contribution < 1.29 is 0 Å². The van der Waals surface area contributed by atoms with E-state index in [1.807, 2.05) is 19.2 Å². The molecule has 0 saturated carbocycles. The van der Waals surface area contributed by atoms with Crippen molar-refractivity contribution in [1.29, 1.82) is 0 Å². The summed E-state index contributed by atoms with van der Waals surface area (Å²) in [6.07, 6.45) is 1.84. The number of anilines is 1. The number of piperazine rings is 1. The van der Waals surface area contributed by atoms with Crippen LogP contribution < -0.4 is 10.2 Å². The van der Waals surface area contributed by atoms with Gasteiger partial charge in [-0.15, -0.1) is 10.2 Å². The Morgan fingerprint density at radius 2 is 2.06 bits per heavy atom. The molecular weight excluding hydrogens is 250 g/mol. The predicted molar refractivity (Wildman–Crippen MR) is 72.2 cm³/mol. The summed E-state index contributed by atoms with van der Waals surface area (Å²) in [6.45, 7) is 5.74. The van der Waals surface area contributed by atoms with Crippen LogP contribution in [0.25, 0.3) is 10.9 Å². The van der Waals surface area contributed by atoms with Crippen molar-refractivity contribution in [1.82, 2.24) is 20.5 Å². The maximum absolute atomic E-state index is 6.10. The molecule has 2 aromatic rings. The standard InChI is InChI=1S/C12H14ClN5/c1-8-6-9-10(15-7-8)12(17-16-11(9)13)18-4-2-14-3-5-18/h6-7,14H,2-5H2,1H3. The fourth-order valence-electron chi connectivity index (χ4n) is 2.19. The number of aryl methyl sites for hydroxylation is 1. The van der Waals surface area contributed by atoms with E-state index in [4.69, 9.17) is 11.6 Å². The van der Waals surface area contributed by atoms with Gasteiger partial charge in [0.1, 0.15) is 5.52 Å². The fourth-order valence-corrected chi connectivity index (χ4v) is 2.37. The molecule has 1 aliphatic rings. The number of hydrogen-bond donors (Lipinski definition) is 1. The number of aromatic nitrogens is 3. The molecule has 94 valence electrons. The predicted octanol–water partition coefficient (Wildman–Crippen LogP) is 1.40. The molecule has 18 heavy (non-hydrogen) atoms. The van der Waals surface area contributed by atoms with Crippen molar-refractivity contribution in [2.24, 2.45) is 0 Å². The second-order valence-electron chi connectivity index (χ2n) is 4.46. The first-order valence-corrected chi connectivity index (χ1v) is 6.38. The van der Waals surface area contributed by atoms with E-state index in [0.29, 0.717) is 5.15 Å². The number of pyridine rings is 1. The Balaban J connectivity index is 2.14. The lowest BCUT2D eigenvalue weighted by Crippen LogP contribution is -2.44. The van der Waals surface area contributed by atoms with Gasteiger partial charge in [-0.25, -0.2) is 0 Å². The van der Waals surface area contributed by atoms with Crippen molar-refractivity contribution in [2.75, 3.05) is 31.1 Å². The van der Waals surface area contributed by atoms with Gasteiger partial charge >= 0.3 is 0 Å². The summed E-state index contributed by atoms with van der Waals surface area (Å²) in [5, 5.41) is 12.9. The van der Waals surface area contributed by atoms with Crippen LogP contribution in [0.1, 0.15) is 5.56 Å². The SMILES string of the molecule is Cc1cnc2c(N3CCNCC3)nnc(Cl)c2c1. The van der Waals surface area contributed by atoms with E-state index in [2.05, 4.69) is 25.4 Å². The van der Waals surface area contributed by atoms with Crippen molar-refractivity contribution in [2.45, 2.75) is 6.92 Å². The summed E-state index contributed by atoms with van der Waals surface area (Å²) in [5.41, 5.74) is 1.91. The highest BCUT2D eigenvalue weighted by Gasteiger charge is 2.17. The maximum Gasteiger partial charge on any atom is 0.178 e. The van der Waals surface area contributed by atoms with Gasteiger partial charge in [-0.2, -0.15) is 0 Å². The largest absolute Gasteiger partial charge is 0.351 e. The summed E-state index contributed by atoms with van der Waals surface area (Å²) in [6, 6.07) is 2.01. The third kappa shape index (κ3) is 2.00. The summed E-state index contributed by atoms with van der Waals surface area (Å²) < 4.78 is 0. The monoisotopic (exact) mass is 263 g/mol. The second kappa shape index (κ2) is 4.66. The lowest BCUT2D eigenvalue weighted by molar-refractivity contribution is 0.584. The van der Waals surface area contributed by atoms with Crippen molar-refractivity contribution in [3.05, 3.63) is 23.0 Å². The van der Waals surface area contributed by atoms with Crippen molar-refractivity contribution in [3.8, 4) is 0 Å².